The van der Waals surface area contributed by atoms with Gasteiger partial charge in [0.05, 0.1) is 0 Å². The number of nitrogens with one attached hydrogen (secondary N) is 1. The van der Waals surface area contributed by atoms with Crippen molar-refractivity contribution in [1.29, 1.82) is 0 Å². The van der Waals surface area contributed by atoms with Gasteiger partial charge >= 0.3 is 5.97 Å². The molecule has 4 nitrogen and oxygen atoms in total. The molecule has 0 atom stereocenters. The summed E-state index contributed by atoms with van der Waals surface area (Å²) in [4.78, 5) is 22.7. The summed E-state index contributed by atoms with van der Waals surface area (Å²) in [6.45, 7) is 2.01. The lowest BCUT2D eigenvalue weighted by atomic mass is 9.88. The van der Waals surface area contributed by atoms with Gasteiger partial charge in [-0.15, -0.1) is 0 Å². The molecule has 1 aliphatic rings. The number of hydrogen-bond donors (Lipinski definition) is 2. The molecule has 0 radical (unpaired) electrons. The van der Waals surface area contributed by atoms with Gasteiger partial charge in [0.25, 0.3) is 0 Å². The van der Waals surface area contributed by atoms with Crippen molar-refractivity contribution in [2.45, 2.75) is 32.6 Å². The van der Waals surface area contributed by atoms with Crippen LogP contribution in [0.25, 0.3) is 6.08 Å². The second-order valence-electron chi connectivity index (χ2n) is 5.52. The molecule has 20 heavy (non-hydrogen) atoms. The molecule has 0 spiro atoms. The average molecular weight is 273 g/mol. The summed E-state index contributed by atoms with van der Waals surface area (Å²) in [5.41, 5.74) is 1.29. The molecule has 0 bridgehead atoms. The molecule has 0 saturated heterocycles. The zero-order valence-corrected chi connectivity index (χ0v) is 11.6. The van der Waals surface area contributed by atoms with Gasteiger partial charge in [0.15, 0.2) is 0 Å². The maximum atomic E-state index is 12.2. The number of hydrogen-bond acceptors (Lipinski definition) is 2. The number of benzene rings is 1. The van der Waals surface area contributed by atoms with Crippen molar-refractivity contribution in [3.63, 3.8) is 0 Å². The van der Waals surface area contributed by atoms with Gasteiger partial charge in [0, 0.05) is 17.2 Å². The molecule has 1 aromatic carbocycles. The Kier molecular flexibility index (Phi) is 4.23. The average Bonchev–Trinajstić information content (AvgIpc) is 2.86. The van der Waals surface area contributed by atoms with Crippen molar-refractivity contribution in [3.8, 4) is 0 Å². The van der Waals surface area contributed by atoms with E-state index in [1.807, 2.05) is 6.92 Å². The summed E-state index contributed by atoms with van der Waals surface area (Å²) in [6.07, 6.45) is 6.72. The first-order valence-corrected chi connectivity index (χ1v) is 6.82. The third-order valence-electron chi connectivity index (χ3n) is 3.84. The van der Waals surface area contributed by atoms with Crippen molar-refractivity contribution < 1.29 is 14.7 Å². The highest BCUT2D eigenvalue weighted by Gasteiger charge is 2.36. The van der Waals surface area contributed by atoms with E-state index in [1.165, 1.54) is 6.08 Å². The van der Waals surface area contributed by atoms with E-state index in [-0.39, 0.29) is 11.3 Å². The number of carboxylic acids is 1. The maximum Gasteiger partial charge on any atom is 0.328 e. The van der Waals surface area contributed by atoms with Crippen LogP contribution < -0.4 is 5.32 Å². The van der Waals surface area contributed by atoms with Gasteiger partial charge in [-0.05, 0) is 36.6 Å². The zero-order valence-electron chi connectivity index (χ0n) is 11.6. The minimum Gasteiger partial charge on any atom is -0.478 e. The Bertz CT molecular complexity index is 525. The van der Waals surface area contributed by atoms with Crippen LogP contribution in [0.2, 0.25) is 0 Å². The van der Waals surface area contributed by atoms with E-state index in [9.17, 15) is 9.59 Å². The molecule has 106 valence electrons. The predicted octanol–water partition coefficient (Wildman–Crippen LogP) is 3.30. The lowest BCUT2D eigenvalue weighted by Crippen LogP contribution is -2.30. The number of carbonyl (C=O) groups is 2. The van der Waals surface area contributed by atoms with Crippen LogP contribution in [0, 0.1) is 5.41 Å². The normalized spacial score (nSPS) is 17.2. The van der Waals surface area contributed by atoms with E-state index in [0.717, 1.165) is 43.0 Å². The molecule has 1 aromatic rings. The molecule has 4 heteroatoms. The second-order valence-corrected chi connectivity index (χ2v) is 5.52. The molecule has 1 amide bonds. The van der Waals surface area contributed by atoms with E-state index in [2.05, 4.69) is 5.32 Å². The van der Waals surface area contributed by atoms with Crippen LogP contribution in [0.5, 0.6) is 0 Å². The van der Waals surface area contributed by atoms with Gasteiger partial charge < -0.3 is 10.4 Å². The van der Waals surface area contributed by atoms with Gasteiger partial charge in [-0.3, -0.25) is 4.79 Å². The Morgan fingerprint density at radius 1 is 1.20 bits per heavy atom. The minimum absolute atomic E-state index is 0.0730. The Morgan fingerprint density at radius 2 is 1.80 bits per heavy atom. The Labute approximate surface area is 118 Å². The van der Waals surface area contributed by atoms with Crippen LogP contribution in [-0.2, 0) is 9.59 Å². The standard InChI is InChI=1S/C16H19NO3/c1-16(10-2-3-11-16)15(20)17-13-7-4-12(5-8-13)6-9-14(18)19/h4-9H,2-3,10-11H2,1H3,(H,17,20)(H,18,19)/b9-6+. The molecule has 0 aromatic heterocycles. The quantitative estimate of drug-likeness (QED) is 0.827. The van der Waals surface area contributed by atoms with E-state index >= 15 is 0 Å². The third kappa shape index (κ3) is 3.47. The summed E-state index contributed by atoms with van der Waals surface area (Å²) in [7, 11) is 0. The second kappa shape index (κ2) is 5.90. The first-order valence-electron chi connectivity index (χ1n) is 6.82. The third-order valence-corrected chi connectivity index (χ3v) is 3.84. The fourth-order valence-electron chi connectivity index (χ4n) is 2.51. The molecule has 2 N–H and O–H groups in total. The Hall–Kier alpha value is -2.10. The van der Waals surface area contributed by atoms with Crippen molar-refractivity contribution >= 4 is 23.6 Å². The maximum absolute atomic E-state index is 12.2. The van der Waals surface area contributed by atoms with E-state index in [1.54, 1.807) is 24.3 Å². The van der Waals surface area contributed by atoms with Crippen molar-refractivity contribution in [2.24, 2.45) is 5.41 Å². The Morgan fingerprint density at radius 3 is 2.35 bits per heavy atom. The first-order chi connectivity index (χ1) is 9.49. The number of carboxylic acid groups (broad SMARTS) is 1. The topological polar surface area (TPSA) is 66.4 Å². The zero-order chi connectivity index (χ0) is 14.6. The van der Waals surface area contributed by atoms with Crippen molar-refractivity contribution in [2.75, 3.05) is 5.32 Å². The number of rotatable bonds is 4. The van der Waals surface area contributed by atoms with E-state index in [4.69, 9.17) is 5.11 Å². The summed E-state index contributed by atoms with van der Waals surface area (Å²) in [5.74, 6) is -0.902. The van der Waals surface area contributed by atoms with Crippen molar-refractivity contribution in [1.82, 2.24) is 0 Å². The number of amides is 1. The van der Waals surface area contributed by atoms with Crippen LogP contribution in [-0.4, -0.2) is 17.0 Å². The highest BCUT2D eigenvalue weighted by atomic mass is 16.4. The molecule has 0 aliphatic heterocycles. The number of anilines is 1. The number of aliphatic carboxylic acids is 1. The van der Waals surface area contributed by atoms with Gasteiger partial charge in [-0.2, -0.15) is 0 Å². The lowest BCUT2D eigenvalue weighted by Gasteiger charge is -2.22. The van der Waals surface area contributed by atoms with Crippen LogP contribution in [0.15, 0.2) is 30.3 Å². The van der Waals surface area contributed by atoms with Gasteiger partial charge in [0.2, 0.25) is 5.91 Å². The van der Waals surface area contributed by atoms with Crippen LogP contribution in [0.1, 0.15) is 38.2 Å². The first kappa shape index (κ1) is 14.3. The molecular formula is C16H19NO3. The van der Waals surface area contributed by atoms with Gasteiger partial charge in [0.1, 0.15) is 0 Å². The summed E-state index contributed by atoms with van der Waals surface area (Å²) >= 11 is 0. The molecule has 1 fully saturated rings. The monoisotopic (exact) mass is 273 g/mol. The lowest BCUT2D eigenvalue weighted by molar-refractivity contribution is -0.131. The predicted molar refractivity (Wildman–Crippen MR) is 78.3 cm³/mol. The van der Waals surface area contributed by atoms with Gasteiger partial charge in [-0.1, -0.05) is 31.9 Å². The van der Waals surface area contributed by atoms with Crippen LogP contribution in [0.4, 0.5) is 5.69 Å². The van der Waals surface area contributed by atoms with Crippen LogP contribution in [0.3, 0.4) is 0 Å². The molecule has 2 rings (SSSR count). The minimum atomic E-state index is -0.975. The van der Waals surface area contributed by atoms with Gasteiger partial charge in [-0.25, -0.2) is 4.79 Å². The van der Waals surface area contributed by atoms with E-state index in [0.29, 0.717) is 0 Å². The number of carbonyl (C=O) groups excluding carboxylic acids is 1. The van der Waals surface area contributed by atoms with Crippen molar-refractivity contribution in [3.05, 3.63) is 35.9 Å². The summed E-state index contributed by atoms with van der Waals surface area (Å²) in [6, 6.07) is 7.15. The van der Waals surface area contributed by atoms with E-state index < -0.39 is 5.97 Å². The Balaban J connectivity index is 2.00. The molecular weight excluding hydrogens is 254 g/mol. The highest BCUT2D eigenvalue weighted by molar-refractivity contribution is 5.95. The summed E-state index contributed by atoms with van der Waals surface area (Å²) < 4.78 is 0. The van der Waals surface area contributed by atoms with Crippen LogP contribution >= 0.6 is 0 Å². The molecule has 1 saturated carbocycles. The molecule has 0 heterocycles. The summed E-state index contributed by atoms with van der Waals surface area (Å²) in [5, 5.41) is 11.5. The fraction of sp³-hybridized carbons (Fsp3) is 0.375. The highest BCUT2D eigenvalue weighted by Crippen LogP contribution is 2.38. The molecule has 0 unspecified atom stereocenters. The fourth-order valence-corrected chi connectivity index (χ4v) is 2.51. The largest absolute Gasteiger partial charge is 0.478 e. The molecule has 1 aliphatic carbocycles. The smallest absolute Gasteiger partial charge is 0.328 e. The SMILES string of the molecule is CC1(C(=O)Nc2ccc(/C=C/C(=O)O)cc2)CCCC1.